The van der Waals surface area contributed by atoms with Crippen molar-refractivity contribution in [1.29, 1.82) is 0 Å². The molecule has 1 fully saturated rings. The van der Waals surface area contributed by atoms with E-state index in [4.69, 9.17) is 10.5 Å². The molecule has 18 heavy (non-hydrogen) atoms. The number of ether oxygens (including phenoxy) is 1. The average Bonchev–Trinajstić information content (AvgIpc) is 2.38. The minimum atomic E-state index is -3.34. The number of benzene rings is 1. The Bertz CT molecular complexity index is 513. The molecule has 100 valence electrons. The normalized spacial score (nSPS) is 24.8. The van der Waals surface area contributed by atoms with Crippen molar-refractivity contribution in [3.05, 3.63) is 24.3 Å². The summed E-state index contributed by atoms with van der Waals surface area (Å²) in [5.41, 5.74) is 5.87. The summed E-state index contributed by atoms with van der Waals surface area (Å²) in [5.74, 6) is 0.414. The predicted molar refractivity (Wildman–Crippen MR) is 70.4 cm³/mol. The molecule has 4 nitrogen and oxygen atoms in total. The van der Waals surface area contributed by atoms with Crippen LogP contribution in [-0.4, -0.2) is 26.8 Å². The highest BCUT2D eigenvalue weighted by molar-refractivity contribution is 7.92. The lowest BCUT2D eigenvalue weighted by Crippen LogP contribution is -2.35. The van der Waals surface area contributed by atoms with Crippen LogP contribution in [0.4, 0.5) is 0 Å². The maximum Gasteiger partial charge on any atom is 0.184 e. The summed E-state index contributed by atoms with van der Waals surface area (Å²) >= 11 is 0. The first-order valence-corrected chi connectivity index (χ1v) is 7.73. The van der Waals surface area contributed by atoms with Crippen LogP contribution in [0, 0.1) is 0 Å². The SMILES string of the molecule is COc1ccccc1S(=O)(=O)C1CCCC(N)C1. The maximum absolute atomic E-state index is 12.6. The summed E-state index contributed by atoms with van der Waals surface area (Å²) in [4.78, 5) is 0.284. The molecule has 1 aliphatic carbocycles. The third-order valence-electron chi connectivity index (χ3n) is 3.48. The van der Waals surface area contributed by atoms with E-state index in [9.17, 15) is 8.42 Å². The third kappa shape index (κ3) is 2.52. The second-order valence-electron chi connectivity index (χ2n) is 4.74. The van der Waals surface area contributed by atoms with Gasteiger partial charge in [0.25, 0.3) is 0 Å². The molecule has 2 unspecified atom stereocenters. The van der Waals surface area contributed by atoms with E-state index in [0.29, 0.717) is 18.6 Å². The molecule has 5 heteroatoms. The van der Waals surface area contributed by atoms with E-state index in [0.717, 1.165) is 12.8 Å². The lowest BCUT2D eigenvalue weighted by atomic mass is 9.96. The molecule has 0 aliphatic heterocycles. The lowest BCUT2D eigenvalue weighted by Gasteiger charge is -2.26. The summed E-state index contributed by atoms with van der Waals surface area (Å²) in [6, 6.07) is 6.76. The molecule has 0 aromatic heterocycles. The molecular weight excluding hydrogens is 250 g/mol. The predicted octanol–water partition coefficient (Wildman–Crippen LogP) is 1.74. The van der Waals surface area contributed by atoms with Crippen LogP contribution in [-0.2, 0) is 9.84 Å². The van der Waals surface area contributed by atoms with Gasteiger partial charge in [-0.15, -0.1) is 0 Å². The van der Waals surface area contributed by atoms with Gasteiger partial charge in [-0.05, 0) is 31.4 Å². The van der Waals surface area contributed by atoms with Crippen molar-refractivity contribution in [1.82, 2.24) is 0 Å². The van der Waals surface area contributed by atoms with E-state index < -0.39 is 9.84 Å². The quantitative estimate of drug-likeness (QED) is 0.907. The van der Waals surface area contributed by atoms with E-state index in [-0.39, 0.29) is 16.2 Å². The minimum Gasteiger partial charge on any atom is -0.495 e. The zero-order chi connectivity index (χ0) is 13.2. The number of sulfone groups is 1. The Labute approximate surface area is 108 Å². The maximum atomic E-state index is 12.6. The van der Waals surface area contributed by atoms with Gasteiger partial charge in [0.1, 0.15) is 10.6 Å². The van der Waals surface area contributed by atoms with Gasteiger partial charge in [-0.25, -0.2) is 8.42 Å². The Morgan fingerprint density at radius 3 is 2.67 bits per heavy atom. The third-order valence-corrected chi connectivity index (χ3v) is 5.74. The summed E-state index contributed by atoms with van der Waals surface area (Å²) in [6.45, 7) is 0. The van der Waals surface area contributed by atoms with Crippen LogP contribution >= 0.6 is 0 Å². The molecule has 0 amide bonds. The van der Waals surface area contributed by atoms with Crippen LogP contribution in [0.5, 0.6) is 5.75 Å². The van der Waals surface area contributed by atoms with Crippen molar-refractivity contribution in [3.8, 4) is 5.75 Å². The molecule has 1 saturated carbocycles. The zero-order valence-electron chi connectivity index (χ0n) is 10.5. The minimum absolute atomic E-state index is 0.00627. The standard InChI is InChI=1S/C13H19NO3S/c1-17-12-7-2-3-8-13(12)18(15,16)11-6-4-5-10(14)9-11/h2-3,7-8,10-11H,4-6,9,14H2,1H3. The van der Waals surface area contributed by atoms with Gasteiger partial charge in [0.05, 0.1) is 12.4 Å². The molecule has 2 atom stereocenters. The van der Waals surface area contributed by atoms with Gasteiger partial charge >= 0.3 is 0 Å². The molecule has 0 heterocycles. The fraction of sp³-hybridized carbons (Fsp3) is 0.538. The number of para-hydroxylation sites is 1. The van der Waals surface area contributed by atoms with Crippen molar-refractivity contribution in [3.63, 3.8) is 0 Å². The van der Waals surface area contributed by atoms with Gasteiger partial charge in [-0.1, -0.05) is 18.6 Å². The fourth-order valence-corrected chi connectivity index (χ4v) is 4.53. The second-order valence-corrected chi connectivity index (χ2v) is 6.94. The van der Waals surface area contributed by atoms with Crippen molar-refractivity contribution in [2.75, 3.05) is 7.11 Å². The first-order valence-electron chi connectivity index (χ1n) is 6.18. The Morgan fingerprint density at radius 1 is 1.28 bits per heavy atom. The van der Waals surface area contributed by atoms with E-state index >= 15 is 0 Å². The van der Waals surface area contributed by atoms with E-state index in [1.54, 1.807) is 24.3 Å². The molecule has 0 radical (unpaired) electrons. The number of methoxy groups -OCH3 is 1. The van der Waals surface area contributed by atoms with Crippen LogP contribution in [0.3, 0.4) is 0 Å². The summed E-state index contributed by atoms with van der Waals surface area (Å²) < 4.78 is 30.3. The fourth-order valence-electron chi connectivity index (χ4n) is 2.50. The number of hydrogen-bond donors (Lipinski definition) is 1. The molecule has 0 spiro atoms. The number of nitrogens with two attached hydrogens (primary N) is 1. The van der Waals surface area contributed by atoms with Gasteiger partial charge in [-0.3, -0.25) is 0 Å². The van der Waals surface area contributed by atoms with Crippen molar-refractivity contribution in [2.24, 2.45) is 5.73 Å². The average molecular weight is 269 g/mol. The summed E-state index contributed by atoms with van der Waals surface area (Å²) in [7, 11) is -1.86. The topological polar surface area (TPSA) is 69.4 Å². The first-order chi connectivity index (χ1) is 8.55. The molecule has 2 rings (SSSR count). The molecule has 1 aromatic rings. The van der Waals surface area contributed by atoms with Crippen LogP contribution in [0.25, 0.3) is 0 Å². The monoisotopic (exact) mass is 269 g/mol. The number of rotatable bonds is 3. The smallest absolute Gasteiger partial charge is 0.184 e. The van der Waals surface area contributed by atoms with Gasteiger partial charge in [0.2, 0.25) is 0 Å². The lowest BCUT2D eigenvalue weighted by molar-refractivity contribution is 0.399. The summed E-state index contributed by atoms with van der Waals surface area (Å²) in [5, 5.41) is -0.377. The molecule has 1 aromatic carbocycles. The van der Waals surface area contributed by atoms with Gasteiger partial charge < -0.3 is 10.5 Å². The highest BCUT2D eigenvalue weighted by Crippen LogP contribution is 2.32. The van der Waals surface area contributed by atoms with Crippen LogP contribution in [0.15, 0.2) is 29.2 Å². The Morgan fingerprint density at radius 2 is 2.00 bits per heavy atom. The van der Waals surface area contributed by atoms with E-state index in [2.05, 4.69) is 0 Å². The largest absolute Gasteiger partial charge is 0.495 e. The van der Waals surface area contributed by atoms with Crippen LogP contribution < -0.4 is 10.5 Å². The highest BCUT2D eigenvalue weighted by Gasteiger charge is 2.33. The first kappa shape index (κ1) is 13.4. The summed E-state index contributed by atoms with van der Waals surface area (Å²) in [6.07, 6.45) is 3.02. The molecule has 0 bridgehead atoms. The molecule has 1 aliphatic rings. The molecule has 0 saturated heterocycles. The highest BCUT2D eigenvalue weighted by atomic mass is 32.2. The van der Waals surface area contributed by atoms with Gasteiger partial charge in [-0.2, -0.15) is 0 Å². The Hall–Kier alpha value is -1.07. The van der Waals surface area contributed by atoms with Crippen molar-refractivity contribution < 1.29 is 13.2 Å². The van der Waals surface area contributed by atoms with E-state index in [1.807, 2.05) is 0 Å². The van der Waals surface area contributed by atoms with E-state index in [1.165, 1.54) is 7.11 Å². The Balaban J connectivity index is 2.35. The number of hydrogen-bond acceptors (Lipinski definition) is 4. The van der Waals surface area contributed by atoms with Crippen molar-refractivity contribution >= 4 is 9.84 Å². The second kappa shape index (κ2) is 5.28. The Kier molecular flexibility index (Phi) is 3.92. The zero-order valence-corrected chi connectivity index (χ0v) is 11.3. The van der Waals surface area contributed by atoms with Crippen molar-refractivity contribution in [2.45, 2.75) is 41.9 Å². The molecular formula is C13H19NO3S. The molecule has 2 N–H and O–H groups in total. The van der Waals surface area contributed by atoms with Crippen LogP contribution in [0.2, 0.25) is 0 Å². The van der Waals surface area contributed by atoms with Crippen LogP contribution in [0.1, 0.15) is 25.7 Å². The van der Waals surface area contributed by atoms with Gasteiger partial charge in [0.15, 0.2) is 9.84 Å². The van der Waals surface area contributed by atoms with Gasteiger partial charge in [0, 0.05) is 6.04 Å².